The van der Waals surface area contributed by atoms with Gasteiger partial charge in [-0.1, -0.05) is 100 Å². The van der Waals surface area contributed by atoms with Gasteiger partial charge in [0.05, 0.1) is 0 Å². The average molecular weight is 461 g/mol. The van der Waals surface area contributed by atoms with E-state index < -0.39 is 0 Å². The molecule has 0 saturated heterocycles. The number of aromatic hydroxyl groups is 2. The van der Waals surface area contributed by atoms with E-state index >= 15 is 0 Å². The zero-order valence-corrected chi connectivity index (χ0v) is 20.9. The lowest BCUT2D eigenvalue weighted by atomic mass is 9.69. The molecular formula is C33H32O2. The van der Waals surface area contributed by atoms with E-state index in [1.807, 2.05) is 48.5 Å². The summed E-state index contributed by atoms with van der Waals surface area (Å²) in [6.45, 7) is 9.29. The Hall–Kier alpha value is -3.52. The van der Waals surface area contributed by atoms with Gasteiger partial charge in [-0.25, -0.2) is 0 Å². The van der Waals surface area contributed by atoms with Crippen LogP contribution in [-0.2, 0) is 16.2 Å². The third kappa shape index (κ3) is 3.02. The van der Waals surface area contributed by atoms with E-state index in [0.717, 1.165) is 35.1 Å². The Kier molecular flexibility index (Phi) is 4.55. The van der Waals surface area contributed by atoms with Gasteiger partial charge < -0.3 is 10.2 Å². The third-order valence-electron chi connectivity index (χ3n) is 8.39. The standard InChI is InChI=1S/C33H32O2/c1-31(2)19-33(29-23(31)15-17-25(34)27(29)21-11-7-5-8-12-21)20-32(3,4)24-16-18-26(35)28(30(24)33)22-13-9-6-10-14-22/h5-18,34-35H,19-20H2,1-4H3. The molecule has 0 heterocycles. The molecule has 35 heavy (non-hydrogen) atoms. The van der Waals surface area contributed by atoms with Crippen LogP contribution in [0.25, 0.3) is 22.3 Å². The zero-order chi connectivity index (χ0) is 24.6. The van der Waals surface area contributed by atoms with E-state index in [4.69, 9.17) is 0 Å². The molecule has 6 rings (SSSR count). The van der Waals surface area contributed by atoms with E-state index in [1.165, 1.54) is 22.3 Å². The van der Waals surface area contributed by atoms with Gasteiger partial charge in [0.2, 0.25) is 0 Å². The quantitative estimate of drug-likeness (QED) is 0.317. The Morgan fingerprint density at radius 2 is 0.886 bits per heavy atom. The summed E-state index contributed by atoms with van der Waals surface area (Å²) < 4.78 is 0. The van der Waals surface area contributed by atoms with E-state index in [0.29, 0.717) is 11.5 Å². The fraction of sp³-hybridized carbons (Fsp3) is 0.273. The fourth-order valence-electron chi connectivity index (χ4n) is 7.34. The van der Waals surface area contributed by atoms with Crippen molar-refractivity contribution in [2.75, 3.05) is 0 Å². The van der Waals surface area contributed by atoms with Crippen LogP contribution in [0.3, 0.4) is 0 Å². The first-order valence-corrected chi connectivity index (χ1v) is 12.5. The van der Waals surface area contributed by atoms with Crippen LogP contribution in [0.4, 0.5) is 0 Å². The number of phenolic OH excluding ortho intramolecular Hbond substituents is 2. The normalized spacial score (nSPS) is 18.4. The average Bonchev–Trinajstić information content (AvgIpc) is 3.19. The number of benzene rings is 4. The molecule has 0 amide bonds. The van der Waals surface area contributed by atoms with Crippen molar-refractivity contribution in [3.05, 3.63) is 107 Å². The highest BCUT2D eigenvalue weighted by Gasteiger charge is 2.58. The maximum atomic E-state index is 11.3. The maximum absolute atomic E-state index is 11.3. The molecule has 2 N–H and O–H groups in total. The van der Waals surface area contributed by atoms with Crippen LogP contribution >= 0.6 is 0 Å². The first kappa shape index (κ1) is 22.0. The SMILES string of the molecule is CC1(C)CC2(CC(C)(C)c3ccc(O)c(-c4ccccc4)c32)c2c1ccc(O)c2-c1ccccc1. The van der Waals surface area contributed by atoms with Crippen molar-refractivity contribution >= 4 is 0 Å². The third-order valence-corrected chi connectivity index (χ3v) is 8.39. The molecule has 0 unspecified atom stereocenters. The molecule has 2 aliphatic rings. The van der Waals surface area contributed by atoms with Crippen molar-refractivity contribution in [3.63, 3.8) is 0 Å². The van der Waals surface area contributed by atoms with E-state index in [1.54, 1.807) is 0 Å². The number of phenols is 2. The summed E-state index contributed by atoms with van der Waals surface area (Å²) in [5.41, 5.74) is 8.48. The van der Waals surface area contributed by atoms with Crippen LogP contribution in [-0.4, -0.2) is 10.2 Å². The largest absolute Gasteiger partial charge is 0.507 e. The van der Waals surface area contributed by atoms with Gasteiger partial charge in [0.25, 0.3) is 0 Å². The van der Waals surface area contributed by atoms with Crippen molar-refractivity contribution in [1.82, 2.24) is 0 Å². The number of fused-ring (bicyclic) bond motifs is 4. The zero-order valence-electron chi connectivity index (χ0n) is 20.9. The minimum absolute atomic E-state index is 0.0797. The maximum Gasteiger partial charge on any atom is 0.123 e. The molecule has 0 fully saturated rings. The number of hydrogen-bond acceptors (Lipinski definition) is 2. The first-order valence-electron chi connectivity index (χ1n) is 12.5. The van der Waals surface area contributed by atoms with E-state index in [9.17, 15) is 10.2 Å². The predicted octanol–water partition coefficient (Wildman–Crippen LogP) is 8.08. The summed E-state index contributed by atoms with van der Waals surface area (Å²) in [4.78, 5) is 0. The Labute approximate surface area is 207 Å². The van der Waals surface area contributed by atoms with Crippen LogP contribution in [0.1, 0.15) is 62.8 Å². The fourth-order valence-corrected chi connectivity index (χ4v) is 7.34. The summed E-state index contributed by atoms with van der Waals surface area (Å²) in [7, 11) is 0. The first-order chi connectivity index (χ1) is 16.7. The topological polar surface area (TPSA) is 40.5 Å². The molecule has 2 heteroatoms. The molecule has 0 aromatic heterocycles. The smallest absolute Gasteiger partial charge is 0.123 e. The lowest BCUT2D eigenvalue weighted by Crippen LogP contribution is -2.28. The van der Waals surface area contributed by atoms with Gasteiger partial charge >= 0.3 is 0 Å². The minimum atomic E-state index is -0.328. The van der Waals surface area contributed by atoms with Gasteiger partial charge in [-0.15, -0.1) is 0 Å². The Morgan fingerprint density at radius 1 is 0.514 bits per heavy atom. The highest BCUT2D eigenvalue weighted by molar-refractivity contribution is 5.85. The summed E-state index contributed by atoms with van der Waals surface area (Å²) >= 11 is 0. The molecule has 1 spiro atoms. The van der Waals surface area contributed by atoms with E-state index in [2.05, 4.69) is 64.1 Å². The van der Waals surface area contributed by atoms with Crippen LogP contribution in [0.2, 0.25) is 0 Å². The number of hydrogen-bond donors (Lipinski definition) is 2. The lowest BCUT2D eigenvalue weighted by molar-refractivity contribution is 0.349. The Morgan fingerprint density at radius 3 is 1.26 bits per heavy atom. The van der Waals surface area contributed by atoms with E-state index in [-0.39, 0.29) is 16.2 Å². The summed E-state index contributed by atoms with van der Waals surface area (Å²) in [6.07, 6.45) is 1.86. The molecule has 2 nitrogen and oxygen atoms in total. The molecule has 4 aromatic rings. The summed E-state index contributed by atoms with van der Waals surface area (Å²) in [6, 6.07) is 28.5. The van der Waals surface area contributed by atoms with Gasteiger partial charge in [0.1, 0.15) is 11.5 Å². The minimum Gasteiger partial charge on any atom is -0.507 e. The highest BCUT2D eigenvalue weighted by atomic mass is 16.3. The molecule has 4 aromatic carbocycles. The van der Waals surface area contributed by atoms with Gasteiger partial charge in [-0.2, -0.15) is 0 Å². The molecule has 176 valence electrons. The van der Waals surface area contributed by atoms with Gasteiger partial charge in [0.15, 0.2) is 0 Å². The summed E-state index contributed by atoms with van der Waals surface area (Å²) in [5, 5.41) is 22.6. The molecule has 0 bridgehead atoms. The van der Waals surface area contributed by atoms with Crippen molar-refractivity contribution < 1.29 is 10.2 Å². The van der Waals surface area contributed by atoms with Crippen LogP contribution in [0, 0.1) is 0 Å². The second-order valence-electron chi connectivity index (χ2n) is 11.7. The van der Waals surface area contributed by atoms with Gasteiger partial charge in [0, 0.05) is 16.5 Å². The monoisotopic (exact) mass is 460 g/mol. The molecule has 2 aliphatic carbocycles. The number of rotatable bonds is 2. The Bertz CT molecular complexity index is 1330. The highest BCUT2D eigenvalue weighted by Crippen LogP contribution is 2.67. The van der Waals surface area contributed by atoms with Crippen LogP contribution < -0.4 is 0 Å². The van der Waals surface area contributed by atoms with Crippen molar-refractivity contribution in [3.8, 4) is 33.8 Å². The molecular weight excluding hydrogens is 428 g/mol. The second-order valence-corrected chi connectivity index (χ2v) is 11.7. The van der Waals surface area contributed by atoms with Crippen molar-refractivity contribution in [2.45, 2.75) is 56.8 Å². The van der Waals surface area contributed by atoms with Crippen molar-refractivity contribution in [1.29, 1.82) is 0 Å². The van der Waals surface area contributed by atoms with Crippen LogP contribution in [0.5, 0.6) is 11.5 Å². The predicted molar refractivity (Wildman–Crippen MR) is 143 cm³/mol. The van der Waals surface area contributed by atoms with Gasteiger partial charge in [-0.05, 0) is 69.2 Å². The molecule has 0 radical (unpaired) electrons. The van der Waals surface area contributed by atoms with Crippen molar-refractivity contribution in [2.24, 2.45) is 0 Å². The summed E-state index contributed by atoms with van der Waals surface area (Å²) in [5.74, 6) is 0.638. The molecule has 0 atom stereocenters. The molecule has 0 saturated carbocycles. The van der Waals surface area contributed by atoms with Crippen LogP contribution in [0.15, 0.2) is 84.9 Å². The lowest BCUT2D eigenvalue weighted by Gasteiger charge is -2.33. The Balaban J connectivity index is 1.77. The van der Waals surface area contributed by atoms with Gasteiger partial charge in [-0.3, -0.25) is 0 Å². The molecule has 0 aliphatic heterocycles. The second kappa shape index (κ2) is 7.24.